The molecule has 1 fully saturated rings. The predicted octanol–water partition coefficient (Wildman–Crippen LogP) is 5.91. The second-order valence-corrected chi connectivity index (χ2v) is 16.2. The Morgan fingerprint density at radius 3 is 1.87 bits per heavy atom. The quantitative estimate of drug-likeness (QED) is 0.107. The van der Waals surface area contributed by atoms with Crippen molar-refractivity contribution < 1.29 is 41.3 Å². The molecule has 0 aliphatic carbocycles. The zero-order chi connectivity index (χ0) is 38.6. The lowest BCUT2D eigenvalue weighted by Gasteiger charge is -2.51. The first-order chi connectivity index (χ1) is 25.7. The van der Waals surface area contributed by atoms with Crippen LogP contribution < -0.4 is 10.6 Å². The van der Waals surface area contributed by atoms with E-state index in [1.807, 2.05) is 12.1 Å². The summed E-state index contributed by atoms with van der Waals surface area (Å²) in [6, 6.07) is 28.4. The lowest BCUT2D eigenvalue weighted by Crippen LogP contribution is -2.74. The van der Waals surface area contributed by atoms with Crippen molar-refractivity contribution in [2.24, 2.45) is 0 Å². The number of β-lactam (4-membered cyclic amide) rings is 1. The fourth-order valence-corrected chi connectivity index (χ4v) is 8.09. The van der Waals surface area contributed by atoms with Crippen LogP contribution in [0.3, 0.4) is 0 Å². The van der Waals surface area contributed by atoms with Crippen molar-refractivity contribution >= 4 is 45.8 Å². The van der Waals surface area contributed by atoms with E-state index in [9.17, 15) is 27.6 Å². The smallest absolute Gasteiger partial charge is 0.408 e. The summed E-state index contributed by atoms with van der Waals surface area (Å²) < 4.78 is 44.1. The number of hydrogen-bond acceptors (Lipinski definition) is 10. The highest BCUT2D eigenvalue weighted by Gasteiger charge is 2.58. The van der Waals surface area contributed by atoms with Crippen LogP contribution in [0.5, 0.6) is 0 Å². The maximum absolute atomic E-state index is 14.3. The van der Waals surface area contributed by atoms with Gasteiger partial charge in [-0.2, -0.15) is 8.42 Å². The molecule has 4 atom stereocenters. The van der Waals surface area contributed by atoms with Gasteiger partial charge in [0.05, 0.1) is 0 Å². The van der Waals surface area contributed by atoms with Crippen molar-refractivity contribution in [2.75, 3.05) is 0 Å². The summed E-state index contributed by atoms with van der Waals surface area (Å²) in [6.07, 6.45) is -1.76. The summed E-state index contributed by atoms with van der Waals surface area (Å²) in [5, 5.41) is 5.78. The zero-order valence-corrected chi connectivity index (χ0v) is 31.5. The van der Waals surface area contributed by atoms with Gasteiger partial charge in [-0.05, 0) is 56.5 Å². The summed E-state index contributed by atoms with van der Waals surface area (Å²) >= 11 is 0.994. The van der Waals surface area contributed by atoms with Gasteiger partial charge in [-0.25, -0.2) is 9.59 Å². The Hall–Kier alpha value is -5.60. The minimum absolute atomic E-state index is 0.149. The second kappa shape index (κ2) is 15.8. The van der Waals surface area contributed by atoms with E-state index in [0.29, 0.717) is 16.7 Å². The largest absolute Gasteiger partial charge is 0.451 e. The molecule has 4 aromatic rings. The number of hydrogen-bond donors (Lipinski definition) is 2. The van der Waals surface area contributed by atoms with E-state index < -0.39 is 69.2 Å². The highest BCUT2D eigenvalue weighted by Crippen LogP contribution is 2.42. The Morgan fingerprint density at radius 2 is 1.33 bits per heavy atom. The lowest BCUT2D eigenvalue weighted by atomic mass is 9.99. The van der Waals surface area contributed by atoms with E-state index in [0.717, 1.165) is 22.2 Å². The zero-order valence-electron chi connectivity index (χ0n) is 29.9. The molecule has 0 bridgehead atoms. The molecule has 2 aliphatic rings. The first-order valence-electron chi connectivity index (χ1n) is 17.1. The topological polar surface area (TPSA) is 157 Å². The number of benzene rings is 4. The SMILES string of the molecule is Cc1ccc(S(=O)(=O)OC2=CS[C@@H]3[C@H](NC(=O)C(NC(=O)OC(C)(C)C)c4ccccc4)C(=O)N3C2C(=O)OC(c2ccccc2)c2ccccc2)cc1. The predicted molar refractivity (Wildman–Crippen MR) is 201 cm³/mol. The Kier molecular flexibility index (Phi) is 11.1. The number of nitrogens with zero attached hydrogens (tertiary/aromatic N) is 1. The number of amides is 3. The molecule has 14 heteroatoms. The maximum atomic E-state index is 14.3. The number of carbonyl (C=O) groups excluding carboxylic acids is 4. The molecule has 0 saturated carbocycles. The third-order valence-corrected chi connectivity index (χ3v) is 10.9. The molecule has 2 N–H and O–H groups in total. The molecule has 2 aliphatic heterocycles. The van der Waals surface area contributed by atoms with E-state index in [4.69, 9.17) is 13.7 Å². The molecular formula is C40H39N3O9S2. The molecule has 0 spiro atoms. The molecule has 2 heterocycles. The molecule has 4 aromatic carbocycles. The fourth-order valence-electron chi connectivity index (χ4n) is 5.92. The third-order valence-electron chi connectivity index (χ3n) is 8.48. The number of aryl methyl sites for hydroxylation is 1. The van der Waals surface area contributed by atoms with E-state index in [1.165, 1.54) is 17.5 Å². The number of rotatable bonds is 11. The number of carbonyl (C=O) groups is 4. The van der Waals surface area contributed by atoms with Gasteiger partial charge < -0.3 is 29.2 Å². The summed E-state index contributed by atoms with van der Waals surface area (Å²) in [4.78, 5) is 55.9. The van der Waals surface area contributed by atoms with Crippen LogP contribution in [-0.4, -0.2) is 60.3 Å². The number of fused-ring (bicyclic) bond motifs is 1. The van der Waals surface area contributed by atoms with Gasteiger partial charge in [0.15, 0.2) is 17.9 Å². The molecule has 280 valence electrons. The number of thioether (sulfide) groups is 1. The third kappa shape index (κ3) is 8.61. The van der Waals surface area contributed by atoms with E-state index in [2.05, 4.69) is 10.6 Å². The summed E-state index contributed by atoms with van der Waals surface area (Å²) in [7, 11) is -4.46. The van der Waals surface area contributed by atoms with Gasteiger partial charge in [0.1, 0.15) is 28.0 Å². The van der Waals surface area contributed by atoms with Crippen LogP contribution in [0.1, 0.15) is 55.2 Å². The average Bonchev–Trinajstić information content (AvgIpc) is 3.15. The Labute approximate surface area is 318 Å². The van der Waals surface area contributed by atoms with Crippen molar-refractivity contribution in [3.8, 4) is 0 Å². The Morgan fingerprint density at radius 1 is 0.796 bits per heavy atom. The lowest BCUT2D eigenvalue weighted by molar-refractivity contribution is -0.166. The minimum Gasteiger partial charge on any atom is -0.451 e. The van der Waals surface area contributed by atoms with Gasteiger partial charge in [-0.3, -0.25) is 9.59 Å². The molecule has 1 saturated heterocycles. The van der Waals surface area contributed by atoms with Crippen LogP contribution in [0.4, 0.5) is 4.79 Å². The molecule has 12 nitrogen and oxygen atoms in total. The van der Waals surface area contributed by atoms with Crippen molar-refractivity contribution in [1.82, 2.24) is 15.5 Å². The number of nitrogens with one attached hydrogen (secondary N) is 2. The number of ether oxygens (including phenoxy) is 2. The van der Waals surface area contributed by atoms with Crippen molar-refractivity contribution in [3.63, 3.8) is 0 Å². The Bertz CT molecular complexity index is 2100. The summed E-state index contributed by atoms with van der Waals surface area (Å²) in [6.45, 7) is 6.87. The van der Waals surface area contributed by atoms with Crippen LogP contribution in [0, 0.1) is 6.92 Å². The molecule has 0 aromatic heterocycles. The average molecular weight is 770 g/mol. The maximum Gasteiger partial charge on any atom is 0.408 e. The van der Waals surface area contributed by atoms with Crippen LogP contribution in [0.25, 0.3) is 0 Å². The fraction of sp³-hybridized carbons (Fsp3) is 0.250. The van der Waals surface area contributed by atoms with Crippen molar-refractivity contribution in [3.05, 3.63) is 149 Å². The highest BCUT2D eigenvalue weighted by molar-refractivity contribution is 8.03. The van der Waals surface area contributed by atoms with E-state index in [1.54, 1.807) is 119 Å². The van der Waals surface area contributed by atoms with Crippen molar-refractivity contribution in [2.45, 2.75) is 67.8 Å². The molecule has 6 rings (SSSR count). The number of esters is 1. The van der Waals surface area contributed by atoms with Crippen LogP contribution in [0.15, 0.2) is 131 Å². The van der Waals surface area contributed by atoms with Crippen molar-refractivity contribution in [1.29, 1.82) is 0 Å². The molecule has 0 radical (unpaired) electrons. The molecular weight excluding hydrogens is 731 g/mol. The van der Waals surface area contributed by atoms with Crippen LogP contribution >= 0.6 is 11.8 Å². The standard InChI is InChI=1S/C40H39N3O9S2/c1-25-20-22-29(23-21-25)54(48,49)52-30-24-53-37-32(41-35(44)31(26-14-8-5-9-15-26)42-39(47)51-40(2,3)4)36(45)43(37)33(30)38(46)50-34(27-16-10-6-11-17-27)28-18-12-7-13-19-28/h5-24,31-34,37H,1-4H3,(H,41,44)(H,42,47)/t31?,32-,33?,37-/m1/s1. The summed E-state index contributed by atoms with van der Waals surface area (Å²) in [5.74, 6) is -2.68. The Balaban J connectivity index is 1.30. The summed E-state index contributed by atoms with van der Waals surface area (Å²) in [5.41, 5.74) is 1.71. The van der Waals surface area contributed by atoms with Crippen LogP contribution in [0.2, 0.25) is 0 Å². The first kappa shape index (κ1) is 38.1. The first-order valence-corrected chi connectivity index (χ1v) is 19.4. The molecule has 54 heavy (non-hydrogen) atoms. The van der Waals surface area contributed by atoms with E-state index >= 15 is 0 Å². The molecule has 3 amide bonds. The van der Waals surface area contributed by atoms with Gasteiger partial charge >= 0.3 is 22.2 Å². The number of alkyl carbamates (subject to hydrolysis) is 1. The van der Waals surface area contributed by atoms with Gasteiger partial charge in [0.2, 0.25) is 11.8 Å². The van der Waals surface area contributed by atoms with Gasteiger partial charge in [-0.15, -0.1) is 11.8 Å². The van der Waals surface area contributed by atoms with E-state index in [-0.39, 0.29) is 10.7 Å². The minimum atomic E-state index is -4.46. The normalized spacial score (nSPS) is 18.7. The monoisotopic (exact) mass is 769 g/mol. The van der Waals surface area contributed by atoms with Gasteiger partial charge in [0.25, 0.3) is 0 Å². The van der Waals surface area contributed by atoms with Crippen LogP contribution in [-0.2, 0) is 38.2 Å². The van der Waals surface area contributed by atoms with Gasteiger partial charge in [-0.1, -0.05) is 109 Å². The highest BCUT2D eigenvalue weighted by atomic mass is 32.2. The molecule has 2 unspecified atom stereocenters. The van der Waals surface area contributed by atoms with Gasteiger partial charge in [0, 0.05) is 5.41 Å². The second-order valence-electron chi connectivity index (χ2n) is 13.7.